The van der Waals surface area contributed by atoms with E-state index in [0.717, 1.165) is 18.9 Å². The van der Waals surface area contributed by atoms with Gasteiger partial charge in [-0.1, -0.05) is 32.1 Å². The molecule has 0 unspecified atom stereocenters. The van der Waals surface area contributed by atoms with E-state index in [4.69, 9.17) is 14.3 Å². The van der Waals surface area contributed by atoms with Gasteiger partial charge >= 0.3 is 11.9 Å². The Morgan fingerprint density at radius 3 is 2.70 bits per heavy atom. The lowest BCUT2D eigenvalue weighted by Crippen LogP contribution is -2.15. The monoisotopic (exact) mass is 318 g/mol. The van der Waals surface area contributed by atoms with Crippen molar-refractivity contribution in [3.8, 4) is 11.8 Å². The number of esters is 1. The average molecular weight is 318 g/mol. The highest BCUT2D eigenvalue weighted by molar-refractivity contribution is 6.16. The minimum Gasteiger partial charge on any atom is -0.477 e. The maximum Gasteiger partial charge on any atom is 0.345 e. The van der Waals surface area contributed by atoms with Gasteiger partial charge in [0.25, 0.3) is 0 Å². The van der Waals surface area contributed by atoms with Crippen LogP contribution in [0, 0.1) is 11.8 Å². The second-order valence-electron chi connectivity index (χ2n) is 4.90. The molecule has 1 heterocycles. The van der Waals surface area contributed by atoms with Gasteiger partial charge in [-0.05, 0) is 31.4 Å². The number of carboxylic acid groups (broad SMARTS) is 1. The molecule has 0 radical (unpaired) electrons. The van der Waals surface area contributed by atoms with Crippen LogP contribution in [0.3, 0.4) is 0 Å². The van der Waals surface area contributed by atoms with Crippen molar-refractivity contribution in [1.82, 2.24) is 0 Å². The summed E-state index contributed by atoms with van der Waals surface area (Å²) in [5.74, 6) is 4.36. The number of carbonyl (C=O) groups is 2. The first kappa shape index (κ1) is 18.6. The summed E-state index contributed by atoms with van der Waals surface area (Å²) in [7, 11) is 0. The number of carboxylic acids is 1. The third kappa shape index (κ3) is 6.88. The number of furan rings is 1. The van der Waals surface area contributed by atoms with Gasteiger partial charge in [-0.2, -0.15) is 0 Å². The summed E-state index contributed by atoms with van der Waals surface area (Å²) < 4.78 is 10.1. The van der Waals surface area contributed by atoms with Crippen LogP contribution in [0.5, 0.6) is 0 Å². The standard InChI is InChI=1S/C18H22O5/c1-3-5-6-7-8-9-10-14-11-12-15(23-14)13-16(17(19)20)18(21)22-4-2/h11-13H,3-8H2,1-2H3,(H,19,20). The SMILES string of the molecule is CCCCCCC#Cc1ccc(C=C(C(=O)O)C(=O)OCC)o1. The Labute approximate surface area is 136 Å². The summed E-state index contributed by atoms with van der Waals surface area (Å²) in [6.45, 7) is 3.88. The lowest BCUT2D eigenvalue weighted by atomic mass is 10.1. The summed E-state index contributed by atoms with van der Waals surface area (Å²) in [5.41, 5.74) is -0.472. The van der Waals surface area contributed by atoms with Gasteiger partial charge in [-0.15, -0.1) is 0 Å². The smallest absolute Gasteiger partial charge is 0.345 e. The molecule has 0 amide bonds. The number of aliphatic carboxylic acids is 1. The van der Waals surface area contributed by atoms with E-state index in [2.05, 4.69) is 18.8 Å². The van der Waals surface area contributed by atoms with E-state index in [1.165, 1.54) is 19.3 Å². The van der Waals surface area contributed by atoms with Gasteiger partial charge in [0, 0.05) is 12.5 Å². The van der Waals surface area contributed by atoms with Gasteiger partial charge in [-0.25, -0.2) is 9.59 Å². The van der Waals surface area contributed by atoms with Gasteiger partial charge in [0.15, 0.2) is 5.76 Å². The van der Waals surface area contributed by atoms with Crippen LogP contribution >= 0.6 is 0 Å². The van der Waals surface area contributed by atoms with Crippen molar-refractivity contribution in [3.63, 3.8) is 0 Å². The number of rotatable bonds is 8. The number of ether oxygens (including phenoxy) is 1. The van der Waals surface area contributed by atoms with Gasteiger partial charge < -0.3 is 14.3 Å². The van der Waals surface area contributed by atoms with Crippen LogP contribution in [0.15, 0.2) is 22.1 Å². The third-order valence-electron chi connectivity index (χ3n) is 3.01. The van der Waals surface area contributed by atoms with E-state index >= 15 is 0 Å². The van der Waals surface area contributed by atoms with Crippen molar-refractivity contribution in [1.29, 1.82) is 0 Å². The van der Waals surface area contributed by atoms with E-state index in [0.29, 0.717) is 5.76 Å². The highest BCUT2D eigenvalue weighted by atomic mass is 16.5. The van der Waals surface area contributed by atoms with Crippen molar-refractivity contribution >= 4 is 18.0 Å². The molecule has 5 nitrogen and oxygen atoms in total. The molecule has 1 rings (SSSR count). The fraction of sp³-hybridized carbons (Fsp3) is 0.444. The zero-order valence-corrected chi connectivity index (χ0v) is 13.6. The maximum absolute atomic E-state index is 11.6. The van der Waals surface area contributed by atoms with Crippen LogP contribution in [-0.2, 0) is 14.3 Å². The zero-order valence-electron chi connectivity index (χ0n) is 13.6. The molecule has 1 aromatic rings. The molecule has 0 aliphatic carbocycles. The molecule has 0 saturated carbocycles. The van der Waals surface area contributed by atoms with Crippen LogP contribution in [0.4, 0.5) is 0 Å². The molecule has 1 N–H and O–H groups in total. The van der Waals surface area contributed by atoms with Crippen molar-refractivity contribution in [2.45, 2.75) is 46.0 Å². The Bertz CT molecular complexity index is 613. The topological polar surface area (TPSA) is 76.7 Å². The second-order valence-corrected chi connectivity index (χ2v) is 4.90. The fourth-order valence-electron chi connectivity index (χ4n) is 1.85. The molecule has 0 aliphatic heterocycles. The lowest BCUT2D eigenvalue weighted by Gasteiger charge is -2.01. The molecule has 1 aromatic heterocycles. The minimum absolute atomic E-state index is 0.108. The van der Waals surface area contributed by atoms with Crippen molar-refractivity contribution in [3.05, 3.63) is 29.2 Å². The molecular weight excluding hydrogens is 296 g/mol. The molecule has 0 spiro atoms. The normalized spacial score (nSPS) is 10.8. The first-order chi connectivity index (χ1) is 11.1. The predicted molar refractivity (Wildman–Crippen MR) is 86.6 cm³/mol. The second kappa shape index (κ2) is 10.3. The Kier molecular flexibility index (Phi) is 8.30. The van der Waals surface area contributed by atoms with Gasteiger partial charge in [0.2, 0.25) is 0 Å². The van der Waals surface area contributed by atoms with Crippen molar-refractivity contribution in [2.75, 3.05) is 6.61 Å². The Morgan fingerprint density at radius 1 is 1.26 bits per heavy atom. The quantitative estimate of drug-likeness (QED) is 0.198. The van der Waals surface area contributed by atoms with E-state index in [-0.39, 0.29) is 12.4 Å². The van der Waals surface area contributed by atoms with Gasteiger partial charge in [0.1, 0.15) is 11.3 Å². The summed E-state index contributed by atoms with van der Waals surface area (Å²) in [5, 5.41) is 9.04. The largest absolute Gasteiger partial charge is 0.477 e. The first-order valence-electron chi connectivity index (χ1n) is 7.79. The zero-order chi connectivity index (χ0) is 17.1. The van der Waals surface area contributed by atoms with E-state index in [1.54, 1.807) is 19.1 Å². The Hall–Kier alpha value is -2.48. The molecule has 5 heteroatoms. The Morgan fingerprint density at radius 2 is 2.04 bits per heavy atom. The van der Waals surface area contributed by atoms with E-state index in [9.17, 15) is 9.59 Å². The van der Waals surface area contributed by atoms with Crippen molar-refractivity contribution in [2.24, 2.45) is 0 Å². The molecule has 0 saturated heterocycles. The molecule has 0 fully saturated rings. The first-order valence-corrected chi connectivity index (χ1v) is 7.79. The maximum atomic E-state index is 11.6. The molecular formula is C18H22O5. The van der Waals surface area contributed by atoms with Crippen LogP contribution in [-0.4, -0.2) is 23.7 Å². The van der Waals surface area contributed by atoms with Gasteiger partial charge in [0.05, 0.1) is 6.61 Å². The summed E-state index contributed by atoms with van der Waals surface area (Å²) in [6, 6.07) is 3.22. The van der Waals surface area contributed by atoms with E-state index in [1.807, 2.05) is 0 Å². The molecule has 124 valence electrons. The average Bonchev–Trinajstić information content (AvgIpc) is 2.96. The number of carbonyl (C=O) groups excluding carboxylic acids is 1. The van der Waals surface area contributed by atoms with Crippen LogP contribution < -0.4 is 0 Å². The summed E-state index contributed by atoms with van der Waals surface area (Å²) in [4.78, 5) is 22.6. The van der Waals surface area contributed by atoms with E-state index < -0.39 is 17.5 Å². The molecule has 0 aromatic carbocycles. The highest BCUT2D eigenvalue weighted by Crippen LogP contribution is 2.13. The van der Waals surface area contributed by atoms with Gasteiger partial charge in [-0.3, -0.25) is 0 Å². The predicted octanol–water partition coefficient (Wildman–Crippen LogP) is 3.63. The number of hydrogen-bond acceptors (Lipinski definition) is 4. The molecule has 0 bridgehead atoms. The van der Waals surface area contributed by atoms with Crippen LogP contribution in [0.2, 0.25) is 0 Å². The molecule has 23 heavy (non-hydrogen) atoms. The Balaban J connectivity index is 2.70. The highest BCUT2D eigenvalue weighted by Gasteiger charge is 2.19. The third-order valence-corrected chi connectivity index (χ3v) is 3.01. The van der Waals surface area contributed by atoms with Crippen LogP contribution in [0.1, 0.15) is 57.5 Å². The number of hydrogen-bond donors (Lipinski definition) is 1. The summed E-state index contributed by atoms with van der Waals surface area (Å²) in [6.07, 6.45) is 6.57. The molecule has 0 atom stereocenters. The lowest BCUT2D eigenvalue weighted by molar-refractivity contribution is -0.143. The molecule has 0 aliphatic rings. The number of unbranched alkanes of at least 4 members (excludes halogenated alkanes) is 4. The fourth-order valence-corrected chi connectivity index (χ4v) is 1.85. The minimum atomic E-state index is -1.36. The summed E-state index contributed by atoms with van der Waals surface area (Å²) >= 11 is 0. The van der Waals surface area contributed by atoms with Crippen molar-refractivity contribution < 1.29 is 23.8 Å². The van der Waals surface area contributed by atoms with Crippen LogP contribution in [0.25, 0.3) is 6.08 Å².